The Bertz CT molecular complexity index is 1060. The smallest absolute Gasteiger partial charge is 0.264 e. The minimum Gasteiger partial charge on any atom is -0.497 e. The molecule has 2 aromatic rings. The van der Waals surface area contributed by atoms with Crippen molar-refractivity contribution in [2.45, 2.75) is 50.5 Å². The Kier molecular flexibility index (Phi) is 8.48. The third kappa shape index (κ3) is 5.92. The lowest BCUT2D eigenvalue weighted by molar-refractivity contribution is -0.127. The van der Waals surface area contributed by atoms with Gasteiger partial charge in [-0.05, 0) is 54.8 Å². The number of benzene rings is 2. The first kappa shape index (κ1) is 25.2. The van der Waals surface area contributed by atoms with Gasteiger partial charge in [0.1, 0.15) is 11.5 Å². The van der Waals surface area contributed by atoms with Gasteiger partial charge in [-0.1, -0.05) is 44.7 Å². The van der Waals surface area contributed by atoms with Gasteiger partial charge in [-0.15, -0.1) is 0 Å². The number of rotatable bonds is 10. The van der Waals surface area contributed by atoms with Gasteiger partial charge in [0, 0.05) is 11.6 Å². The van der Waals surface area contributed by atoms with E-state index in [1.54, 1.807) is 24.3 Å². The van der Waals surface area contributed by atoms with Crippen molar-refractivity contribution in [3.8, 4) is 11.5 Å². The first-order valence-electron chi connectivity index (χ1n) is 11.2. The van der Waals surface area contributed by atoms with E-state index in [1.807, 2.05) is 0 Å². The minimum atomic E-state index is -3.97. The number of nitrogens with zero attached hydrogens (tertiary/aromatic N) is 1. The molecule has 2 aromatic carbocycles. The summed E-state index contributed by atoms with van der Waals surface area (Å²) in [6, 6.07) is 10.8. The van der Waals surface area contributed by atoms with Gasteiger partial charge in [-0.25, -0.2) is 8.42 Å². The number of nitrogens with one attached hydrogen (secondary N) is 1. The van der Waals surface area contributed by atoms with Gasteiger partial charge in [0.05, 0.1) is 24.2 Å². The molecular formula is C24H31ClN2O5S. The summed E-state index contributed by atoms with van der Waals surface area (Å²) < 4.78 is 39.2. The van der Waals surface area contributed by atoms with Crippen molar-refractivity contribution >= 4 is 33.2 Å². The van der Waals surface area contributed by atoms with Crippen molar-refractivity contribution in [1.82, 2.24) is 5.32 Å². The fraction of sp³-hybridized carbons (Fsp3) is 0.458. The first-order valence-corrected chi connectivity index (χ1v) is 13.0. The lowest BCUT2D eigenvalue weighted by atomic mass is 9.99. The van der Waals surface area contributed by atoms with E-state index < -0.39 is 16.1 Å². The highest BCUT2D eigenvalue weighted by molar-refractivity contribution is 7.92. The molecule has 1 N–H and O–H groups in total. The highest BCUT2D eigenvalue weighted by Crippen LogP contribution is 2.39. The number of sulfonamides is 1. The highest BCUT2D eigenvalue weighted by atomic mass is 35.5. The van der Waals surface area contributed by atoms with Crippen LogP contribution in [0.3, 0.4) is 0 Å². The summed E-state index contributed by atoms with van der Waals surface area (Å²) >= 11 is 6.15. The summed E-state index contributed by atoms with van der Waals surface area (Å²) in [5, 5.41) is 3.33. The van der Waals surface area contributed by atoms with Gasteiger partial charge in [0.25, 0.3) is 15.9 Å². The number of carbonyl (C=O) groups is 1. The number of fused-ring (bicyclic) bond motifs is 1. The molecular weight excluding hydrogens is 464 g/mol. The molecule has 1 aliphatic heterocycles. The molecule has 0 spiro atoms. The zero-order valence-corrected chi connectivity index (χ0v) is 20.8. The van der Waals surface area contributed by atoms with Crippen LogP contribution in [0.1, 0.15) is 39.5 Å². The van der Waals surface area contributed by atoms with E-state index in [9.17, 15) is 13.2 Å². The van der Waals surface area contributed by atoms with Crippen molar-refractivity contribution < 1.29 is 22.7 Å². The Morgan fingerprint density at radius 1 is 1.24 bits per heavy atom. The molecule has 180 valence electrons. The van der Waals surface area contributed by atoms with Gasteiger partial charge < -0.3 is 14.8 Å². The average molecular weight is 495 g/mol. The van der Waals surface area contributed by atoms with E-state index in [4.69, 9.17) is 21.1 Å². The fourth-order valence-corrected chi connectivity index (χ4v) is 5.40. The zero-order chi connectivity index (χ0) is 24.0. The van der Waals surface area contributed by atoms with Crippen LogP contribution < -0.4 is 19.1 Å². The molecule has 1 heterocycles. The molecule has 0 saturated heterocycles. The molecule has 0 saturated carbocycles. The molecule has 0 fully saturated rings. The molecule has 33 heavy (non-hydrogen) atoms. The van der Waals surface area contributed by atoms with Crippen LogP contribution in [0.15, 0.2) is 47.4 Å². The minimum absolute atomic E-state index is 0.0842. The normalized spacial score (nSPS) is 16.5. The molecule has 0 bridgehead atoms. The van der Waals surface area contributed by atoms with Crippen LogP contribution in [0.4, 0.5) is 5.69 Å². The summed E-state index contributed by atoms with van der Waals surface area (Å²) in [6.45, 7) is 4.63. The van der Waals surface area contributed by atoms with E-state index >= 15 is 0 Å². The molecule has 1 amide bonds. The van der Waals surface area contributed by atoms with E-state index in [-0.39, 0.29) is 17.3 Å². The number of ether oxygens (including phenoxy) is 2. The second-order valence-corrected chi connectivity index (χ2v) is 10.4. The number of unbranched alkanes of at least 4 members (excludes halogenated alkanes) is 1. The van der Waals surface area contributed by atoms with Gasteiger partial charge >= 0.3 is 0 Å². The molecule has 0 aliphatic carbocycles. The van der Waals surface area contributed by atoms with Crippen molar-refractivity contribution in [3.05, 3.63) is 47.5 Å². The summed E-state index contributed by atoms with van der Waals surface area (Å²) in [6.07, 6.45) is 3.24. The van der Waals surface area contributed by atoms with Crippen LogP contribution in [0.2, 0.25) is 5.02 Å². The van der Waals surface area contributed by atoms with Gasteiger partial charge in [0.2, 0.25) is 0 Å². The number of amides is 1. The van der Waals surface area contributed by atoms with E-state index in [0.29, 0.717) is 34.7 Å². The quantitative estimate of drug-likeness (QED) is 0.520. The lowest BCUT2D eigenvalue weighted by Crippen LogP contribution is -2.51. The number of hydrogen-bond donors (Lipinski definition) is 1. The summed E-state index contributed by atoms with van der Waals surface area (Å²) in [5.74, 6) is 0.884. The Hall–Kier alpha value is -2.45. The summed E-state index contributed by atoms with van der Waals surface area (Å²) in [5.41, 5.74) is 0.303. The molecule has 3 rings (SSSR count). The fourth-order valence-electron chi connectivity index (χ4n) is 3.77. The predicted molar refractivity (Wildman–Crippen MR) is 130 cm³/mol. The number of carbonyl (C=O) groups excluding carboxylic acids is 1. The highest BCUT2D eigenvalue weighted by Gasteiger charge is 2.37. The molecule has 9 heteroatoms. The third-order valence-corrected chi connectivity index (χ3v) is 7.87. The predicted octanol–water partition coefficient (Wildman–Crippen LogP) is 4.64. The molecule has 7 nitrogen and oxygen atoms in total. The Morgan fingerprint density at radius 3 is 2.61 bits per heavy atom. The van der Waals surface area contributed by atoms with Crippen molar-refractivity contribution in [3.63, 3.8) is 0 Å². The molecule has 0 unspecified atom stereocenters. The van der Waals surface area contributed by atoms with Crippen LogP contribution in [-0.4, -0.2) is 40.6 Å². The summed E-state index contributed by atoms with van der Waals surface area (Å²) in [4.78, 5) is 13.0. The van der Waals surface area contributed by atoms with Crippen molar-refractivity contribution in [2.75, 3.05) is 24.5 Å². The summed E-state index contributed by atoms with van der Waals surface area (Å²) in [7, 11) is -2.46. The maximum Gasteiger partial charge on any atom is 0.264 e. The zero-order valence-electron chi connectivity index (χ0n) is 19.2. The third-order valence-electron chi connectivity index (χ3n) is 5.84. The van der Waals surface area contributed by atoms with Gasteiger partial charge in [-0.3, -0.25) is 9.10 Å². The monoisotopic (exact) mass is 494 g/mol. The first-order chi connectivity index (χ1) is 15.8. The van der Waals surface area contributed by atoms with Crippen LogP contribution in [-0.2, 0) is 14.8 Å². The Labute approximate surface area is 201 Å². The molecule has 1 aliphatic rings. The van der Waals surface area contributed by atoms with Crippen LogP contribution in [0, 0.1) is 5.92 Å². The van der Waals surface area contributed by atoms with Gasteiger partial charge in [-0.2, -0.15) is 0 Å². The Balaban J connectivity index is 1.85. The Morgan fingerprint density at radius 2 is 1.97 bits per heavy atom. The second kappa shape index (κ2) is 11.1. The maximum atomic E-state index is 13.5. The van der Waals surface area contributed by atoms with Crippen molar-refractivity contribution in [2.24, 2.45) is 5.92 Å². The van der Waals surface area contributed by atoms with E-state index in [2.05, 4.69) is 19.2 Å². The van der Waals surface area contributed by atoms with Crippen molar-refractivity contribution in [1.29, 1.82) is 0 Å². The largest absolute Gasteiger partial charge is 0.497 e. The molecule has 0 radical (unpaired) electrons. The number of hydrogen-bond acceptors (Lipinski definition) is 5. The van der Waals surface area contributed by atoms with Gasteiger partial charge in [0.15, 0.2) is 6.10 Å². The number of halogens is 1. The van der Waals surface area contributed by atoms with E-state index in [0.717, 1.165) is 25.7 Å². The maximum absolute atomic E-state index is 13.5. The lowest BCUT2D eigenvalue weighted by Gasteiger charge is -2.35. The molecule has 2 atom stereocenters. The number of anilines is 1. The van der Waals surface area contributed by atoms with Crippen LogP contribution >= 0.6 is 11.6 Å². The average Bonchev–Trinajstić information content (AvgIpc) is 2.83. The second-order valence-electron chi connectivity index (χ2n) is 8.09. The molecule has 0 aromatic heterocycles. The van der Waals surface area contributed by atoms with Crippen LogP contribution in [0.5, 0.6) is 11.5 Å². The number of methoxy groups -OCH3 is 1. The van der Waals surface area contributed by atoms with Crippen LogP contribution in [0.25, 0.3) is 0 Å². The van der Waals surface area contributed by atoms with E-state index in [1.165, 1.54) is 29.6 Å². The topological polar surface area (TPSA) is 84.9 Å². The standard InChI is InChI=1S/C24H31ClN2O5S/c1-4-6-7-17(5-2)15-26-24(28)23-16-27(21-14-18(25)8-13-22(21)32-23)33(29,30)20-11-9-19(31-3)10-12-20/h8-14,17,23H,4-7,15-16H2,1-3H3,(H,26,28)/t17-,23+/m0/s1. The SMILES string of the molecule is CCCC[C@H](CC)CNC(=O)[C@H]1CN(S(=O)(=O)c2ccc(OC)cc2)c2cc(Cl)ccc2O1.